The van der Waals surface area contributed by atoms with Gasteiger partial charge in [0.15, 0.2) is 7.28 Å². The van der Waals surface area contributed by atoms with Crippen LogP contribution in [0, 0.1) is 41.5 Å². The van der Waals surface area contributed by atoms with Gasteiger partial charge in [-0.3, -0.25) is 0 Å². The highest BCUT2D eigenvalue weighted by molar-refractivity contribution is 6.74. The minimum absolute atomic E-state index is 1.01. The zero-order valence-electron chi connectivity index (χ0n) is 14.5. The van der Waals surface area contributed by atoms with Crippen LogP contribution in [0.25, 0.3) is 11.1 Å². The molecular formula is C20H23BN. The molecule has 2 heteroatoms. The molecule has 0 saturated heterocycles. The zero-order valence-corrected chi connectivity index (χ0v) is 14.5. The Morgan fingerprint density at radius 1 is 0.591 bits per heavy atom. The average Bonchev–Trinajstić information content (AvgIpc) is 3.12. The fraction of sp³-hybridized carbons (Fsp3) is 0.400. The van der Waals surface area contributed by atoms with Crippen molar-refractivity contribution < 1.29 is 0 Å². The van der Waals surface area contributed by atoms with Gasteiger partial charge in [-0.05, 0) is 91.6 Å². The van der Waals surface area contributed by atoms with E-state index in [1.54, 1.807) is 0 Å². The van der Waals surface area contributed by atoms with Crippen molar-refractivity contribution in [2.75, 3.05) is 0 Å². The summed E-state index contributed by atoms with van der Waals surface area (Å²) >= 11 is 0. The maximum Gasteiger partial charge on any atom is 0.193 e. The van der Waals surface area contributed by atoms with E-state index in [-0.39, 0.29) is 0 Å². The van der Waals surface area contributed by atoms with Crippen LogP contribution in [0.1, 0.15) is 44.5 Å². The van der Waals surface area contributed by atoms with Gasteiger partial charge in [-0.15, -0.1) is 0 Å². The number of rotatable bonds is 0. The van der Waals surface area contributed by atoms with Crippen LogP contribution in [0.15, 0.2) is 0 Å². The molecule has 0 aromatic heterocycles. The lowest BCUT2D eigenvalue weighted by Crippen LogP contribution is -2.28. The number of hydrogen-bond acceptors (Lipinski definition) is 1. The van der Waals surface area contributed by atoms with Crippen molar-refractivity contribution in [3.8, 4) is 11.1 Å². The third-order valence-corrected chi connectivity index (χ3v) is 6.23. The predicted molar refractivity (Wildman–Crippen MR) is 95.9 cm³/mol. The quantitative estimate of drug-likeness (QED) is 0.627. The van der Waals surface area contributed by atoms with Gasteiger partial charge in [0, 0.05) is 13.1 Å². The monoisotopic (exact) mass is 288 g/mol. The Hall–Kier alpha value is -1.54. The second-order valence-electron chi connectivity index (χ2n) is 7.03. The fourth-order valence-corrected chi connectivity index (χ4v) is 4.38. The van der Waals surface area contributed by atoms with E-state index in [0.717, 1.165) is 13.1 Å². The molecule has 22 heavy (non-hydrogen) atoms. The second-order valence-corrected chi connectivity index (χ2v) is 7.03. The van der Waals surface area contributed by atoms with Crippen molar-refractivity contribution in [2.24, 2.45) is 0 Å². The van der Waals surface area contributed by atoms with Gasteiger partial charge in [-0.25, -0.2) is 0 Å². The molecule has 2 aromatic rings. The standard InChI is InChI=1S/C20H23BN/c1-9-10(2)14(6)19-17(12(9)4)18-13(5)11(3)15-7-22-8-16(15)20(18)21-19/h22H,7-8H2,1-6H3. The highest BCUT2D eigenvalue weighted by Crippen LogP contribution is 2.36. The van der Waals surface area contributed by atoms with E-state index in [0.29, 0.717) is 0 Å². The molecule has 0 aliphatic carbocycles. The molecule has 0 unspecified atom stereocenters. The smallest absolute Gasteiger partial charge is 0.193 e. The molecular weight excluding hydrogens is 265 g/mol. The van der Waals surface area contributed by atoms with Crippen molar-refractivity contribution in [3.63, 3.8) is 0 Å². The third-order valence-electron chi connectivity index (χ3n) is 6.23. The lowest BCUT2D eigenvalue weighted by atomic mass is 9.63. The van der Waals surface area contributed by atoms with E-state index in [9.17, 15) is 0 Å². The maximum atomic E-state index is 3.54. The van der Waals surface area contributed by atoms with Crippen molar-refractivity contribution >= 4 is 18.2 Å². The van der Waals surface area contributed by atoms with Crippen molar-refractivity contribution in [1.29, 1.82) is 0 Å². The van der Waals surface area contributed by atoms with Crippen LogP contribution in [0.5, 0.6) is 0 Å². The van der Waals surface area contributed by atoms with Gasteiger partial charge < -0.3 is 5.32 Å². The van der Waals surface area contributed by atoms with Crippen LogP contribution in [-0.4, -0.2) is 7.28 Å². The number of hydrogen-bond donors (Lipinski definition) is 1. The van der Waals surface area contributed by atoms with Crippen LogP contribution in [0.3, 0.4) is 0 Å². The fourth-order valence-electron chi connectivity index (χ4n) is 4.38. The van der Waals surface area contributed by atoms with Crippen molar-refractivity contribution in [2.45, 2.75) is 54.6 Å². The van der Waals surface area contributed by atoms with E-state index >= 15 is 0 Å². The number of nitrogens with one attached hydrogen (secondary N) is 1. The predicted octanol–water partition coefficient (Wildman–Crippen LogP) is 2.78. The summed E-state index contributed by atoms with van der Waals surface area (Å²) in [5.74, 6) is 0. The Bertz CT molecular complexity index is 846. The first-order chi connectivity index (χ1) is 10.4. The molecule has 2 aromatic carbocycles. The Morgan fingerprint density at radius 3 is 1.86 bits per heavy atom. The first kappa shape index (κ1) is 14.1. The van der Waals surface area contributed by atoms with Gasteiger partial charge in [-0.2, -0.15) is 0 Å². The molecule has 111 valence electrons. The largest absolute Gasteiger partial charge is 0.309 e. The van der Waals surface area contributed by atoms with E-state index in [2.05, 4.69) is 54.1 Å². The second kappa shape index (κ2) is 4.49. The molecule has 1 N–H and O–H groups in total. The van der Waals surface area contributed by atoms with Crippen LogP contribution in [-0.2, 0) is 13.1 Å². The van der Waals surface area contributed by atoms with Crippen molar-refractivity contribution in [3.05, 3.63) is 44.5 Å². The highest BCUT2D eigenvalue weighted by Gasteiger charge is 2.32. The van der Waals surface area contributed by atoms with Gasteiger partial charge in [0.25, 0.3) is 0 Å². The maximum absolute atomic E-state index is 3.54. The molecule has 0 amide bonds. The van der Waals surface area contributed by atoms with Gasteiger partial charge in [0.05, 0.1) is 0 Å². The number of benzene rings is 2. The lowest BCUT2D eigenvalue weighted by Gasteiger charge is -2.19. The molecule has 0 bridgehead atoms. The molecule has 2 heterocycles. The molecule has 2 aliphatic rings. The van der Waals surface area contributed by atoms with Gasteiger partial charge in [-0.1, -0.05) is 16.5 Å². The first-order valence-corrected chi connectivity index (χ1v) is 8.24. The number of fused-ring (bicyclic) bond motifs is 5. The molecule has 2 aliphatic heterocycles. The molecule has 0 spiro atoms. The summed E-state index contributed by atoms with van der Waals surface area (Å²) in [4.78, 5) is 0. The summed E-state index contributed by atoms with van der Waals surface area (Å²) in [6.45, 7) is 15.7. The third kappa shape index (κ3) is 1.54. The van der Waals surface area contributed by atoms with E-state index in [4.69, 9.17) is 0 Å². The summed E-state index contributed by atoms with van der Waals surface area (Å²) < 4.78 is 0. The van der Waals surface area contributed by atoms with E-state index in [1.165, 1.54) is 66.6 Å². The Morgan fingerprint density at radius 2 is 1.14 bits per heavy atom. The lowest BCUT2D eigenvalue weighted by molar-refractivity contribution is 0.764. The zero-order chi connectivity index (χ0) is 15.8. The molecule has 4 rings (SSSR count). The van der Waals surface area contributed by atoms with Gasteiger partial charge in [0.1, 0.15) is 0 Å². The van der Waals surface area contributed by atoms with Crippen LogP contribution in [0.2, 0.25) is 0 Å². The van der Waals surface area contributed by atoms with Gasteiger partial charge in [0.2, 0.25) is 0 Å². The minimum Gasteiger partial charge on any atom is -0.309 e. The highest BCUT2D eigenvalue weighted by atomic mass is 14.9. The first-order valence-electron chi connectivity index (χ1n) is 8.24. The molecule has 1 radical (unpaired) electrons. The molecule has 0 atom stereocenters. The van der Waals surface area contributed by atoms with Crippen LogP contribution in [0.4, 0.5) is 0 Å². The summed E-state index contributed by atoms with van der Waals surface area (Å²) in [5.41, 5.74) is 17.8. The SMILES string of the molecule is Cc1c(C)c(C)c2c(c1C)[B]c1c3c(c(C)c(C)c1-2)CNC3. The Balaban J connectivity index is 2.14. The molecule has 0 saturated carbocycles. The normalized spacial score (nSPS) is 14.6. The van der Waals surface area contributed by atoms with E-state index < -0.39 is 0 Å². The molecule has 0 fully saturated rings. The van der Waals surface area contributed by atoms with Crippen LogP contribution >= 0.6 is 0 Å². The van der Waals surface area contributed by atoms with Crippen LogP contribution < -0.4 is 16.2 Å². The summed E-state index contributed by atoms with van der Waals surface area (Å²) in [5, 5.41) is 3.54. The Labute approximate surface area is 134 Å². The van der Waals surface area contributed by atoms with Crippen molar-refractivity contribution in [1.82, 2.24) is 5.32 Å². The molecule has 1 nitrogen and oxygen atoms in total. The average molecular weight is 288 g/mol. The summed E-state index contributed by atoms with van der Waals surface area (Å²) in [6.07, 6.45) is 0. The summed E-state index contributed by atoms with van der Waals surface area (Å²) in [6, 6.07) is 0. The van der Waals surface area contributed by atoms with Gasteiger partial charge >= 0.3 is 0 Å². The minimum atomic E-state index is 1.01. The summed E-state index contributed by atoms with van der Waals surface area (Å²) in [7, 11) is 2.46. The topological polar surface area (TPSA) is 12.0 Å². The van der Waals surface area contributed by atoms with E-state index in [1.807, 2.05) is 0 Å². The Kier molecular flexibility index (Phi) is 2.87.